The number of fused-ring (bicyclic) bond motifs is 1. The summed E-state index contributed by atoms with van der Waals surface area (Å²) in [5.74, 6) is -0.857. The lowest BCUT2D eigenvalue weighted by molar-refractivity contribution is -0.153. The molecule has 0 fully saturated rings. The lowest BCUT2D eigenvalue weighted by Crippen LogP contribution is -2.29. The molecule has 0 unspecified atom stereocenters. The van der Waals surface area contributed by atoms with Crippen LogP contribution in [0.3, 0.4) is 0 Å². The van der Waals surface area contributed by atoms with Crippen molar-refractivity contribution in [3.05, 3.63) is 59.1 Å². The lowest BCUT2D eigenvalue weighted by Gasteiger charge is -2.13. The van der Waals surface area contributed by atoms with Gasteiger partial charge in [-0.2, -0.15) is 5.26 Å². The number of para-hydroxylation sites is 1. The Morgan fingerprint density at radius 1 is 1.25 bits per heavy atom. The number of thiazole rings is 1. The van der Waals surface area contributed by atoms with Gasteiger partial charge in [-0.05, 0) is 50.1 Å². The summed E-state index contributed by atoms with van der Waals surface area (Å²) in [4.78, 5) is 28.7. The van der Waals surface area contributed by atoms with Gasteiger partial charge >= 0.3 is 5.97 Å². The summed E-state index contributed by atoms with van der Waals surface area (Å²) >= 11 is 1.62. The van der Waals surface area contributed by atoms with Crippen LogP contribution >= 0.6 is 11.3 Å². The molecule has 0 aliphatic carbocycles. The number of esters is 1. The largest absolute Gasteiger partial charge is 0.453 e. The van der Waals surface area contributed by atoms with E-state index < -0.39 is 18.0 Å². The molecule has 0 spiro atoms. The zero-order valence-electron chi connectivity index (χ0n) is 15.3. The zero-order valence-corrected chi connectivity index (χ0v) is 16.2. The number of aromatic nitrogens is 1. The molecule has 6 nitrogen and oxygen atoms in total. The van der Waals surface area contributed by atoms with Crippen LogP contribution in [0.2, 0.25) is 0 Å². The highest BCUT2D eigenvalue weighted by molar-refractivity contribution is 7.18. The Hall–Kier alpha value is -3.24. The van der Waals surface area contributed by atoms with Crippen LogP contribution in [0.25, 0.3) is 10.2 Å². The molecule has 1 atom stereocenters. The third-order valence-electron chi connectivity index (χ3n) is 4.05. The van der Waals surface area contributed by atoms with Gasteiger partial charge in [0.15, 0.2) is 6.10 Å². The molecule has 0 saturated heterocycles. The van der Waals surface area contributed by atoms with Crippen LogP contribution < -0.4 is 5.32 Å². The van der Waals surface area contributed by atoms with E-state index in [4.69, 9.17) is 10.00 Å². The highest BCUT2D eigenvalue weighted by atomic mass is 32.1. The number of anilines is 1. The summed E-state index contributed by atoms with van der Waals surface area (Å²) in [6.45, 7) is 1.52. The normalized spacial score (nSPS) is 11.6. The van der Waals surface area contributed by atoms with Gasteiger partial charge in [0.25, 0.3) is 5.91 Å². The minimum atomic E-state index is -0.916. The number of rotatable bonds is 7. The highest BCUT2D eigenvalue weighted by Gasteiger charge is 2.18. The van der Waals surface area contributed by atoms with Crippen molar-refractivity contribution in [2.24, 2.45) is 0 Å². The molecule has 0 aliphatic rings. The Kier molecular flexibility index (Phi) is 6.35. The highest BCUT2D eigenvalue weighted by Crippen LogP contribution is 2.22. The van der Waals surface area contributed by atoms with E-state index in [-0.39, 0.29) is 6.42 Å². The van der Waals surface area contributed by atoms with Crippen molar-refractivity contribution in [1.29, 1.82) is 5.26 Å². The number of amides is 1. The van der Waals surface area contributed by atoms with Crippen LogP contribution in [-0.2, 0) is 20.7 Å². The molecular weight excluding hydrogens is 374 g/mol. The van der Waals surface area contributed by atoms with Gasteiger partial charge in [0, 0.05) is 12.1 Å². The summed E-state index contributed by atoms with van der Waals surface area (Å²) < 4.78 is 6.34. The number of hydrogen-bond acceptors (Lipinski definition) is 6. The van der Waals surface area contributed by atoms with Gasteiger partial charge < -0.3 is 10.1 Å². The topological polar surface area (TPSA) is 92.1 Å². The molecule has 3 rings (SSSR count). The third kappa shape index (κ3) is 5.15. The van der Waals surface area contributed by atoms with Crippen molar-refractivity contribution in [1.82, 2.24) is 4.98 Å². The fourth-order valence-electron chi connectivity index (χ4n) is 2.63. The second-order valence-corrected chi connectivity index (χ2v) is 7.36. The molecule has 0 saturated carbocycles. The van der Waals surface area contributed by atoms with Gasteiger partial charge in [-0.1, -0.05) is 18.2 Å². The number of nitriles is 1. The van der Waals surface area contributed by atoms with Crippen LogP contribution in [-0.4, -0.2) is 23.0 Å². The van der Waals surface area contributed by atoms with Crippen molar-refractivity contribution < 1.29 is 14.3 Å². The average molecular weight is 393 g/mol. The number of hydrogen-bond donors (Lipinski definition) is 1. The molecule has 28 heavy (non-hydrogen) atoms. The average Bonchev–Trinajstić information content (AvgIpc) is 3.10. The lowest BCUT2D eigenvalue weighted by atomic mass is 10.2. The molecule has 0 bridgehead atoms. The molecule has 0 radical (unpaired) electrons. The quantitative estimate of drug-likeness (QED) is 0.611. The van der Waals surface area contributed by atoms with E-state index in [1.165, 1.54) is 6.92 Å². The first-order valence-corrected chi connectivity index (χ1v) is 9.72. The van der Waals surface area contributed by atoms with Gasteiger partial charge in [-0.15, -0.1) is 11.3 Å². The Balaban J connectivity index is 1.44. The molecule has 3 aromatic rings. The maximum Gasteiger partial charge on any atom is 0.306 e. The summed E-state index contributed by atoms with van der Waals surface area (Å²) in [7, 11) is 0. The summed E-state index contributed by atoms with van der Waals surface area (Å²) in [5, 5.41) is 12.5. The predicted molar refractivity (Wildman–Crippen MR) is 108 cm³/mol. The molecule has 142 valence electrons. The number of nitrogens with zero attached hydrogens (tertiary/aromatic N) is 2. The van der Waals surface area contributed by atoms with Crippen LogP contribution in [0.5, 0.6) is 0 Å². The minimum absolute atomic E-state index is 0.220. The van der Waals surface area contributed by atoms with Crippen molar-refractivity contribution in [3.63, 3.8) is 0 Å². The Morgan fingerprint density at radius 2 is 2.07 bits per heavy atom. The molecule has 2 aromatic carbocycles. The van der Waals surface area contributed by atoms with Crippen LogP contribution in [0.4, 0.5) is 5.69 Å². The van der Waals surface area contributed by atoms with E-state index in [0.29, 0.717) is 24.1 Å². The number of carbonyl (C=O) groups is 2. The monoisotopic (exact) mass is 393 g/mol. The predicted octanol–water partition coefficient (Wildman–Crippen LogP) is 4.06. The number of benzene rings is 2. The molecule has 1 heterocycles. The maximum absolute atomic E-state index is 12.2. The van der Waals surface area contributed by atoms with Gasteiger partial charge in [-0.3, -0.25) is 9.59 Å². The molecule has 1 aromatic heterocycles. The van der Waals surface area contributed by atoms with Crippen molar-refractivity contribution in [2.45, 2.75) is 32.3 Å². The van der Waals surface area contributed by atoms with Crippen molar-refractivity contribution in [3.8, 4) is 6.07 Å². The summed E-state index contributed by atoms with van der Waals surface area (Å²) in [6, 6.07) is 16.5. The SMILES string of the molecule is C[C@@H](OC(=O)CCCc1nc2ccccc2s1)C(=O)Nc1cccc(C#N)c1. The summed E-state index contributed by atoms with van der Waals surface area (Å²) in [5.41, 5.74) is 1.90. The number of aryl methyl sites for hydroxylation is 1. The Labute approximate surface area is 166 Å². The Bertz CT molecular complexity index is 1010. The number of ether oxygens (including phenoxy) is 1. The molecule has 1 N–H and O–H groups in total. The van der Waals surface area contributed by atoms with Crippen LogP contribution in [0, 0.1) is 11.3 Å². The molecule has 1 amide bonds. The standard InChI is InChI=1S/C21H19N3O3S/c1-14(21(26)23-16-7-4-6-15(12-16)13-22)27-20(25)11-5-10-19-24-17-8-2-3-9-18(17)28-19/h2-4,6-9,12,14H,5,10-11H2,1H3,(H,23,26)/t14-/m1/s1. The van der Waals surface area contributed by atoms with E-state index in [9.17, 15) is 9.59 Å². The van der Waals surface area contributed by atoms with E-state index >= 15 is 0 Å². The van der Waals surface area contributed by atoms with E-state index in [1.807, 2.05) is 30.3 Å². The maximum atomic E-state index is 12.2. The van der Waals surface area contributed by atoms with Gasteiger partial charge in [0.2, 0.25) is 0 Å². The molecule has 0 aliphatic heterocycles. The van der Waals surface area contributed by atoms with Crippen molar-refractivity contribution >= 4 is 39.1 Å². The smallest absolute Gasteiger partial charge is 0.306 e. The number of carbonyl (C=O) groups excluding carboxylic acids is 2. The molecular formula is C21H19N3O3S. The second-order valence-electron chi connectivity index (χ2n) is 6.24. The first kappa shape index (κ1) is 19.5. The van der Waals surface area contributed by atoms with Gasteiger partial charge in [0.1, 0.15) is 0 Å². The van der Waals surface area contributed by atoms with E-state index in [1.54, 1.807) is 35.6 Å². The van der Waals surface area contributed by atoms with E-state index in [0.717, 1.165) is 15.2 Å². The summed E-state index contributed by atoms with van der Waals surface area (Å²) in [6.07, 6.45) is 0.602. The third-order valence-corrected chi connectivity index (χ3v) is 5.14. The minimum Gasteiger partial charge on any atom is -0.453 e. The first-order valence-electron chi connectivity index (χ1n) is 8.90. The zero-order chi connectivity index (χ0) is 19.9. The fraction of sp³-hybridized carbons (Fsp3) is 0.238. The second kappa shape index (κ2) is 9.11. The van der Waals surface area contributed by atoms with Crippen LogP contribution in [0.15, 0.2) is 48.5 Å². The number of nitrogens with one attached hydrogen (secondary N) is 1. The Morgan fingerprint density at radius 3 is 2.86 bits per heavy atom. The molecule has 7 heteroatoms. The van der Waals surface area contributed by atoms with Gasteiger partial charge in [-0.25, -0.2) is 4.98 Å². The van der Waals surface area contributed by atoms with E-state index in [2.05, 4.69) is 10.3 Å². The van der Waals surface area contributed by atoms with Crippen molar-refractivity contribution in [2.75, 3.05) is 5.32 Å². The fourth-order valence-corrected chi connectivity index (χ4v) is 3.64. The van der Waals surface area contributed by atoms with Gasteiger partial charge in [0.05, 0.1) is 26.9 Å². The first-order chi connectivity index (χ1) is 13.5. The van der Waals surface area contributed by atoms with Crippen LogP contribution in [0.1, 0.15) is 30.3 Å².